The molecule has 6 heteroatoms. The minimum Gasteiger partial charge on any atom is -0.373 e. The number of carbonyl (C=O) groups excluding carboxylic acids is 2. The molecule has 2 fully saturated rings. The third-order valence-electron chi connectivity index (χ3n) is 6.05. The smallest absolute Gasteiger partial charge is 0.253 e. The Morgan fingerprint density at radius 1 is 1.14 bits per heavy atom. The molecule has 1 aromatic carbocycles. The number of hydrogen-bond acceptors (Lipinski definition) is 4. The van der Waals surface area contributed by atoms with E-state index in [9.17, 15) is 9.59 Å². The van der Waals surface area contributed by atoms with Crippen LogP contribution in [0.15, 0.2) is 18.2 Å². The molecule has 2 aliphatic rings. The van der Waals surface area contributed by atoms with E-state index < -0.39 is 0 Å². The van der Waals surface area contributed by atoms with Crippen LogP contribution in [0.3, 0.4) is 0 Å². The van der Waals surface area contributed by atoms with Crippen LogP contribution in [0.1, 0.15) is 56.0 Å². The molecule has 0 saturated carbocycles. The fraction of sp³-hybridized carbons (Fsp3) is 0.652. The van der Waals surface area contributed by atoms with Crippen molar-refractivity contribution in [3.05, 3.63) is 29.3 Å². The zero-order valence-corrected chi connectivity index (χ0v) is 18.2. The summed E-state index contributed by atoms with van der Waals surface area (Å²) in [4.78, 5) is 28.8. The summed E-state index contributed by atoms with van der Waals surface area (Å²) in [6.07, 6.45) is 3.95. The number of piperidine rings is 1. The highest BCUT2D eigenvalue weighted by Crippen LogP contribution is 2.24. The number of morpholine rings is 1. The van der Waals surface area contributed by atoms with Gasteiger partial charge in [-0.3, -0.25) is 14.5 Å². The number of amides is 2. The highest BCUT2D eigenvalue weighted by atomic mass is 16.5. The monoisotopic (exact) mass is 401 g/mol. The number of benzene rings is 1. The molecule has 1 N–H and O–H groups in total. The standard InChI is InChI=1S/C23H35N3O3/c1-16-5-6-21(13-22(16)24-19(4)27)23(28)26-11-8-20(9-12-26)7-10-25-14-17(2)29-18(3)15-25/h5-6,13,17-18,20H,7-12,14-15H2,1-4H3,(H,24,27)/t17-,18+. The van der Waals surface area contributed by atoms with Gasteiger partial charge in [0.1, 0.15) is 0 Å². The van der Waals surface area contributed by atoms with Crippen LogP contribution in [0, 0.1) is 12.8 Å². The third kappa shape index (κ3) is 6.03. The molecule has 29 heavy (non-hydrogen) atoms. The highest BCUT2D eigenvalue weighted by molar-refractivity contribution is 5.97. The van der Waals surface area contributed by atoms with Crippen LogP contribution in [-0.2, 0) is 9.53 Å². The molecular weight excluding hydrogens is 366 g/mol. The fourth-order valence-electron chi connectivity index (χ4n) is 4.52. The second-order valence-electron chi connectivity index (χ2n) is 8.75. The Bertz CT molecular complexity index is 718. The SMILES string of the molecule is CC(=O)Nc1cc(C(=O)N2CCC(CCN3C[C@@H](C)O[C@@H](C)C3)CC2)ccc1C. The van der Waals surface area contributed by atoms with Crippen molar-refractivity contribution in [2.75, 3.05) is 38.0 Å². The Kier molecular flexibility index (Phi) is 7.30. The van der Waals surface area contributed by atoms with Crippen molar-refractivity contribution in [3.8, 4) is 0 Å². The minimum absolute atomic E-state index is 0.0610. The van der Waals surface area contributed by atoms with Crippen molar-refractivity contribution in [2.45, 2.75) is 59.2 Å². The minimum atomic E-state index is -0.123. The van der Waals surface area contributed by atoms with Crippen molar-refractivity contribution >= 4 is 17.5 Å². The van der Waals surface area contributed by atoms with Crippen molar-refractivity contribution in [3.63, 3.8) is 0 Å². The van der Waals surface area contributed by atoms with Gasteiger partial charge in [0.2, 0.25) is 5.91 Å². The quantitative estimate of drug-likeness (QED) is 0.822. The molecule has 2 atom stereocenters. The molecule has 2 saturated heterocycles. The average Bonchev–Trinajstić information content (AvgIpc) is 2.67. The number of nitrogens with one attached hydrogen (secondary N) is 1. The van der Waals surface area contributed by atoms with Crippen LogP contribution >= 0.6 is 0 Å². The van der Waals surface area contributed by atoms with E-state index in [4.69, 9.17) is 4.74 Å². The lowest BCUT2D eigenvalue weighted by atomic mass is 9.92. The van der Waals surface area contributed by atoms with Gasteiger partial charge >= 0.3 is 0 Å². The maximum absolute atomic E-state index is 12.9. The molecule has 0 spiro atoms. The summed E-state index contributed by atoms with van der Waals surface area (Å²) in [6.45, 7) is 12.5. The maximum Gasteiger partial charge on any atom is 0.253 e. The summed E-state index contributed by atoms with van der Waals surface area (Å²) in [7, 11) is 0. The normalized spacial score (nSPS) is 23.8. The molecule has 160 valence electrons. The summed E-state index contributed by atoms with van der Waals surface area (Å²) in [6, 6.07) is 5.55. The largest absolute Gasteiger partial charge is 0.373 e. The summed E-state index contributed by atoms with van der Waals surface area (Å²) in [5.41, 5.74) is 2.32. The van der Waals surface area contributed by atoms with Gasteiger partial charge in [-0.05, 0) is 70.2 Å². The number of carbonyl (C=O) groups is 2. The topological polar surface area (TPSA) is 61.9 Å². The van der Waals surface area contributed by atoms with Crippen LogP contribution in [0.4, 0.5) is 5.69 Å². The second kappa shape index (κ2) is 9.72. The van der Waals surface area contributed by atoms with E-state index in [0.29, 0.717) is 29.4 Å². The fourth-order valence-corrected chi connectivity index (χ4v) is 4.52. The van der Waals surface area contributed by atoms with E-state index in [2.05, 4.69) is 24.1 Å². The Hall–Kier alpha value is -1.92. The molecule has 2 amide bonds. The molecule has 3 rings (SSSR count). The van der Waals surface area contributed by atoms with Crippen LogP contribution in [-0.4, -0.2) is 66.5 Å². The summed E-state index contributed by atoms with van der Waals surface area (Å²) >= 11 is 0. The first-order chi connectivity index (χ1) is 13.8. The van der Waals surface area contributed by atoms with E-state index in [1.807, 2.05) is 24.0 Å². The van der Waals surface area contributed by atoms with E-state index in [-0.39, 0.29) is 11.8 Å². The lowest BCUT2D eigenvalue weighted by molar-refractivity contribution is -0.114. The first-order valence-electron chi connectivity index (χ1n) is 10.9. The molecule has 0 radical (unpaired) electrons. The Morgan fingerprint density at radius 3 is 2.41 bits per heavy atom. The molecule has 0 unspecified atom stereocenters. The predicted octanol–water partition coefficient (Wildman–Crippen LogP) is 3.30. The molecule has 1 aromatic rings. The van der Waals surface area contributed by atoms with Gasteiger partial charge < -0.3 is 15.0 Å². The number of ether oxygens (including phenoxy) is 1. The lowest BCUT2D eigenvalue weighted by Crippen LogP contribution is -2.46. The number of likely N-dealkylation sites (tertiary alicyclic amines) is 1. The maximum atomic E-state index is 12.9. The predicted molar refractivity (Wildman–Crippen MR) is 115 cm³/mol. The first kappa shape index (κ1) is 21.8. The Balaban J connectivity index is 1.49. The average molecular weight is 402 g/mol. The third-order valence-corrected chi connectivity index (χ3v) is 6.05. The van der Waals surface area contributed by atoms with Crippen molar-refractivity contribution in [1.82, 2.24) is 9.80 Å². The van der Waals surface area contributed by atoms with E-state index in [1.54, 1.807) is 6.07 Å². The molecule has 0 aromatic heterocycles. The number of aryl methyl sites for hydroxylation is 1. The van der Waals surface area contributed by atoms with Gasteiger partial charge in [-0.1, -0.05) is 6.07 Å². The molecule has 6 nitrogen and oxygen atoms in total. The second-order valence-corrected chi connectivity index (χ2v) is 8.75. The van der Waals surface area contributed by atoms with Gasteiger partial charge in [-0.25, -0.2) is 0 Å². The van der Waals surface area contributed by atoms with Gasteiger partial charge in [0, 0.05) is 44.4 Å². The van der Waals surface area contributed by atoms with Crippen molar-refractivity contribution in [1.29, 1.82) is 0 Å². The molecule has 0 aliphatic carbocycles. The van der Waals surface area contributed by atoms with Crippen LogP contribution in [0.2, 0.25) is 0 Å². The summed E-state index contributed by atoms with van der Waals surface area (Å²) in [5, 5.41) is 2.81. The zero-order chi connectivity index (χ0) is 21.0. The van der Waals surface area contributed by atoms with Crippen molar-refractivity contribution in [2.24, 2.45) is 5.92 Å². The molecule has 2 heterocycles. The lowest BCUT2D eigenvalue weighted by Gasteiger charge is -2.37. The number of hydrogen-bond donors (Lipinski definition) is 1. The van der Waals surface area contributed by atoms with E-state index in [0.717, 1.165) is 51.1 Å². The first-order valence-corrected chi connectivity index (χ1v) is 10.9. The van der Waals surface area contributed by atoms with Crippen LogP contribution in [0.25, 0.3) is 0 Å². The Morgan fingerprint density at radius 2 is 1.79 bits per heavy atom. The Labute approximate surface area is 174 Å². The van der Waals surface area contributed by atoms with E-state index in [1.165, 1.54) is 13.3 Å². The molecule has 0 bridgehead atoms. The van der Waals surface area contributed by atoms with Gasteiger partial charge in [-0.15, -0.1) is 0 Å². The summed E-state index contributed by atoms with van der Waals surface area (Å²) in [5.74, 6) is 0.619. The van der Waals surface area contributed by atoms with Gasteiger partial charge in [-0.2, -0.15) is 0 Å². The van der Waals surface area contributed by atoms with Crippen LogP contribution < -0.4 is 5.32 Å². The van der Waals surface area contributed by atoms with Crippen molar-refractivity contribution < 1.29 is 14.3 Å². The van der Waals surface area contributed by atoms with E-state index >= 15 is 0 Å². The van der Waals surface area contributed by atoms with Gasteiger partial charge in [0.15, 0.2) is 0 Å². The van der Waals surface area contributed by atoms with Gasteiger partial charge in [0.05, 0.1) is 12.2 Å². The number of anilines is 1. The molecule has 2 aliphatic heterocycles. The molecular formula is C23H35N3O3. The zero-order valence-electron chi connectivity index (χ0n) is 18.2. The van der Waals surface area contributed by atoms with Crippen LogP contribution in [0.5, 0.6) is 0 Å². The number of rotatable bonds is 5. The van der Waals surface area contributed by atoms with Gasteiger partial charge in [0.25, 0.3) is 5.91 Å². The highest BCUT2D eigenvalue weighted by Gasteiger charge is 2.26. The summed E-state index contributed by atoms with van der Waals surface area (Å²) < 4.78 is 5.82. The number of nitrogens with zero attached hydrogens (tertiary/aromatic N) is 2.